The minimum atomic E-state index is -4.18. The molecule has 3 rings (SSSR count). The highest BCUT2D eigenvalue weighted by molar-refractivity contribution is 7.92. The number of hydrogen-bond donors (Lipinski definition) is 1. The molecule has 0 aliphatic heterocycles. The number of halogens is 1. The van der Waals surface area contributed by atoms with E-state index in [9.17, 15) is 18.0 Å². The van der Waals surface area contributed by atoms with Crippen LogP contribution in [0.3, 0.4) is 0 Å². The summed E-state index contributed by atoms with van der Waals surface area (Å²) >= 11 is 6.35. The SMILES string of the molecule is CC[C@@H](C)NC(=O)[C@@H](C)N(Cc1ccccc1C)C(=O)CN(c1ccc(OC)c(Cl)c1)S(=O)(=O)c1ccccc1. The van der Waals surface area contributed by atoms with Crippen molar-refractivity contribution in [3.8, 4) is 5.75 Å². The average Bonchev–Trinajstić information content (AvgIpc) is 2.95. The van der Waals surface area contributed by atoms with Gasteiger partial charge in [-0.05, 0) is 68.7 Å². The number of ether oxygens (including phenoxy) is 1. The molecule has 0 saturated carbocycles. The molecule has 10 heteroatoms. The van der Waals surface area contributed by atoms with Gasteiger partial charge in [-0.1, -0.05) is 61.0 Å². The van der Waals surface area contributed by atoms with E-state index in [-0.39, 0.29) is 34.1 Å². The van der Waals surface area contributed by atoms with Crippen LogP contribution in [-0.4, -0.2) is 50.9 Å². The maximum Gasteiger partial charge on any atom is 0.264 e. The minimum Gasteiger partial charge on any atom is -0.495 e. The second kappa shape index (κ2) is 13.7. The van der Waals surface area contributed by atoms with Crippen molar-refractivity contribution >= 4 is 39.1 Å². The van der Waals surface area contributed by atoms with E-state index in [0.29, 0.717) is 5.75 Å². The normalized spacial score (nSPS) is 12.8. The third-order valence-electron chi connectivity index (χ3n) is 6.80. The number of rotatable bonds is 12. The van der Waals surface area contributed by atoms with E-state index in [1.165, 1.54) is 36.3 Å². The first-order chi connectivity index (χ1) is 19.0. The van der Waals surface area contributed by atoms with Crippen LogP contribution in [0, 0.1) is 6.92 Å². The number of nitrogens with zero attached hydrogens (tertiary/aromatic N) is 2. The summed E-state index contributed by atoms with van der Waals surface area (Å²) in [6, 6.07) is 19.0. The molecule has 3 aromatic carbocycles. The summed E-state index contributed by atoms with van der Waals surface area (Å²) in [5, 5.41) is 3.12. The lowest BCUT2D eigenvalue weighted by atomic mass is 10.1. The highest BCUT2D eigenvalue weighted by Crippen LogP contribution is 2.32. The fourth-order valence-corrected chi connectivity index (χ4v) is 5.76. The predicted octanol–water partition coefficient (Wildman–Crippen LogP) is 5.18. The molecule has 0 saturated heterocycles. The molecule has 2 amide bonds. The molecule has 40 heavy (non-hydrogen) atoms. The third kappa shape index (κ3) is 7.34. The van der Waals surface area contributed by atoms with Crippen LogP contribution in [0.15, 0.2) is 77.7 Å². The van der Waals surface area contributed by atoms with Crippen molar-refractivity contribution in [3.05, 3.63) is 88.9 Å². The first-order valence-electron chi connectivity index (χ1n) is 13.0. The monoisotopic (exact) mass is 585 g/mol. The molecule has 0 spiro atoms. The average molecular weight is 586 g/mol. The number of carbonyl (C=O) groups excluding carboxylic acids is 2. The van der Waals surface area contributed by atoms with Gasteiger partial charge in [0.15, 0.2) is 0 Å². The number of amides is 2. The maximum absolute atomic E-state index is 14.0. The van der Waals surface area contributed by atoms with Crippen molar-refractivity contribution in [2.24, 2.45) is 0 Å². The number of carbonyl (C=O) groups is 2. The van der Waals surface area contributed by atoms with Crippen LogP contribution in [-0.2, 0) is 26.2 Å². The molecule has 0 aliphatic rings. The zero-order valence-electron chi connectivity index (χ0n) is 23.4. The van der Waals surface area contributed by atoms with Gasteiger partial charge in [-0.25, -0.2) is 8.42 Å². The van der Waals surface area contributed by atoms with Gasteiger partial charge in [0.1, 0.15) is 18.3 Å². The van der Waals surface area contributed by atoms with Gasteiger partial charge >= 0.3 is 0 Å². The van der Waals surface area contributed by atoms with Crippen molar-refractivity contribution in [3.63, 3.8) is 0 Å². The lowest BCUT2D eigenvalue weighted by Gasteiger charge is -2.33. The Hall–Kier alpha value is -3.56. The Kier molecular flexibility index (Phi) is 10.6. The van der Waals surface area contributed by atoms with Crippen LogP contribution in [0.2, 0.25) is 5.02 Å². The number of nitrogens with one attached hydrogen (secondary N) is 1. The summed E-state index contributed by atoms with van der Waals surface area (Å²) in [6.45, 7) is 7.00. The number of anilines is 1. The topological polar surface area (TPSA) is 96.0 Å². The van der Waals surface area contributed by atoms with Crippen LogP contribution in [0.4, 0.5) is 5.69 Å². The highest BCUT2D eigenvalue weighted by Gasteiger charge is 2.33. The Morgan fingerprint density at radius 1 is 1.00 bits per heavy atom. The van der Waals surface area contributed by atoms with E-state index in [4.69, 9.17) is 16.3 Å². The van der Waals surface area contributed by atoms with Gasteiger partial charge in [0, 0.05) is 12.6 Å². The molecular formula is C30H36ClN3O5S. The van der Waals surface area contributed by atoms with E-state index in [2.05, 4.69) is 5.32 Å². The van der Waals surface area contributed by atoms with Gasteiger partial charge < -0.3 is 15.0 Å². The molecule has 214 valence electrons. The fourth-order valence-electron chi connectivity index (χ4n) is 4.08. The zero-order chi connectivity index (χ0) is 29.4. The van der Waals surface area contributed by atoms with Crippen molar-refractivity contribution in [1.29, 1.82) is 0 Å². The standard InChI is InChI=1S/C30H36ClN3O5S/c1-6-22(3)32-30(36)23(4)33(19-24-13-11-10-12-21(24)2)29(35)20-34(25-16-17-28(39-5)27(31)18-25)40(37,38)26-14-8-7-9-15-26/h7-18,22-23H,6,19-20H2,1-5H3,(H,32,36)/t22-,23-/m1/s1. The molecule has 0 heterocycles. The summed E-state index contributed by atoms with van der Waals surface area (Å²) in [4.78, 5) is 28.6. The molecule has 0 fully saturated rings. The summed E-state index contributed by atoms with van der Waals surface area (Å²) in [5.74, 6) is -0.493. The van der Waals surface area contributed by atoms with Crippen molar-refractivity contribution in [2.45, 2.75) is 57.6 Å². The first-order valence-corrected chi connectivity index (χ1v) is 14.9. The second-order valence-corrected chi connectivity index (χ2v) is 11.9. The number of sulfonamides is 1. The van der Waals surface area contributed by atoms with E-state index in [1.807, 2.05) is 45.0 Å². The van der Waals surface area contributed by atoms with Crippen LogP contribution >= 0.6 is 11.6 Å². The predicted molar refractivity (Wildman–Crippen MR) is 158 cm³/mol. The minimum absolute atomic E-state index is 0.0164. The summed E-state index contributed by atoms with van der Waals surface area (Å²) in [6.07, 6.45) is 0.728. The van der Waals surface area contributed by atoms with Crippen LogP contribution in [0.25, 0.3) is 0 Å². The molecule has 0 aromatic heterocycles. The zero-order valence-corrected chi connectivity index (χ0v) is 25.0. The Morgan fingerprint density at radius 2 is 1.65 bits per heavy atom. The van der Waals surface area contributed by atoms with Gasteiger partial charge in [0.2, 0.25) is 11.8 Å². The Morgan fingerprint density at radius 3 is 2.25 bits per heavy atom. The molecule has 0 unspecified atom stereocenters. The summed E-state index contributed by atoms with van der Waals surface area (Å²) in [7, 11) is -2.73. The van der Waals surface area contributed by atoms with Crippen LogP contribution in [0.1, 0.15) is 38.3 Å². The summed E-state index contributed by atoms with van der Waals surface area (Å²) < 4.78 is 34.0. The van der Waals surface area contributed by atoms with Gasteiger partial charge in [0.05, 0.1) is 22.7 Å². The molecule has 3 aromatic rings. The van der Waals surface area contributed by atoms with Crippen molar-refractivity contribution in [1.82, 2.24) is 10.2 Å². The molecule has 2 atom stereocenters. The number of aryl methyl sites for hydroxylation is 1. The number of benzene rings is 3. The van der Waals surface area contributed by atoms with Crippen molar-refractivity contribution < 1.29 is 22.7 Å². The number of hydrogen-bond acceptors (Lipinski definition) is 5. The van der Waals surface area contributed by atoms with Crippen LogP contribution in [0.5, 0.6) is 5.75 Å². The Labute approximate surface area is 241 Å². The second-order valence-electron chi connectivity index (χ2n) is 9.59. The first kappa shape index (κ1) is 31.0. The molecule has 0 aliphatic carbocycles. The molecule has 0 bridgehead atoms. The Bertz CT molecular complexity index is 1430. The van der Waals surface area contributed by atoms with Gasteiger partial charge in [-0.15, -0.1) is 0 Å². The quantitative estimate of drug-likeness (QED) is 0.316. The van der Waals surface area contributed by atoms with Gasteiger partial charge in [-0.2, -0.15) is 0 Å². The van der Waals surface area contributed by atoms with Gasteiger partial charge in [0.25, 0.3) is 10.0 Å². The van der Waals surface area contributed by atoms with Crippen molar-refractivity contribution in [2.75, 3.05) is 18.0 Å². The number of methoxy groups -OCH3 is 1. The van der Waals surface area contributed by atoms with Crippen LogP contribution < -0.4 is 14.4 Å². The van der Waals surface area contributed by atoms with E-state index in [0.717, 1.165) is 21.9 Å². The van der Waals surface area contributed by atoms with E-state index in [1.54, 1.807) is 31.2 Å². The van der Waals surface area contributed by atoms with E-state index >= 15 is 0 Å². The fraction of sp³-hybridized carbons (Fsp3) is 0.333. The van der Waals surface area contributed by atoms with Gasteiger partial charge in [-0.3, -0.25) is 13.9 Å². The molecule has 0 radical (unpaired) electrons. The Balaban J connectivity index is 2.06. The molecule has 1 N–H and O–H groups in total. The molecular weight excluding hydrogens is 550 g/mol. The third-order valence-corrected chi connectivity index (χ3v) is 8.89. The highest BCUT2D eigenvalue weighted by atomic mass is 35.5. The lowest BCUT2D eigenvalue weighted by molar-refractivity contribution is -0.139. The smallest absolute Gasteiger partial charge is 0.264 e. The maximum atomic E-state index is 14.0. The summed E-state index contributed by atoms with van der Waals surface area (Å²) in [5.41, 5.74) is 1.99. The van der Waals surface area contributed by atoms with E-state index < -0.39 is 28.5 Å². The molecule has 8 nitrogen and oxygen atoms in total. The lowest BCUT2D eigenvalue weighted by Crippen LogP contribution is -2.52. The largest absolute Gasteiger partial charge is 0.495 e.